The molecule has 0 radical (unpaired) electrons. The van der Waals surface area contributed by atoms with E-state index in [0.29, 0.717) is 32.5 Å². The van der Waals surface area contributed by atoms with E-state index in [4.69, 9.17) is 4.74 Å². The Kier molecular flexibility index (Phi) is 7.54. The van der Waals surface area contributed by atoms with Crippen LogP contribution in [0, 0.1) is 5.41 Å². The van der Waals surface area contributed by atoms with Crippen LogP contribution in [0.15, 0.2) is 0 Å². The van der Waals surface area contributed by atoms with Crippen molar-refractivity contribution in [1.29, 1.82) is 0 Å². The molecule has 100 valence electrons. The summed E-state index contributed by atoms with van der Waals surface area (Å²) in [6.45, 7) is 7.38. The molecule has 0 aliphatic rings. The molecule has 0 rings (SSSR count). The molecule has 0 fully saturated rings. The molecule has 0 spiro atoms. The molecule has 0 aliphatic heterocycles. The number of hydrogen-bond donors (Lipinski definition) is 2. The van der Waals surface area contributed by atoms with Crippen molar-refractivity contribution in [1.82, 2.24) is 10.6 Å². The molecular formula is C12H24N2O3. The summed E-state index contributed by atoms with van der Waals surface area (Å²) in [4.78, 5) is 22.6. The Hall–Kier alpha value is -1.10. The summed E-state index contributed by atoms with van der Waals surface area (Å²) < 4.78 is 4.78. The van der Waals surface area contributed by atoms with Crippen molar-refractivity contribution < 1.29 is 14.3 Å². The molecule has 0 unspecified atom stereocenters. The van der Waals surface area contributed by atoms with Crippen LogP contribution in [-0.2, 0) is 14.3 Å². The first-order valence-corrected chi connectivity index (χ1v) is 5.87. The molecule has 0 bridgehead atoms. The Morgan fingerprint density at radius 3 is 2.06 bits per heavy atom. The summed E-state index contributed by atoms with van der Waals surface area (Å²) in [6, 6.07) is 0. The average Bonchev–Trinajstić information content (AvgIpc) is 2.19. The second kappa shape index (κ2) is 8.06. The van der Waals surface area contributed by atoms with Gasteiger partial charge in [-0.15, -0.1) is 0 Å². The minimum Gasteiger partial charge on any atom is -0.384 e. The van der Waals surface area contributed by atoms with Gasteiger partial charge in [-0.05, 0) is 5.41 Å². The van der Waals surface area contributed by atoms with E-state index in [1.807, 2.05) is 20.8 Å². The van der Waals surface area contributed by atoms with Crippen LogP contribution in [0.3, 0.4) is 0 Å². The van der Waals surface area contributed by atoms with Gasteiger partial charge in [-0.2, -0.15) is 0 Å². The third-order valence-corrected chi connectivity index (χ3v) is 1.99. The fourth-order valence-corrected chi connectivity index (χ4v) is 1.23. The molecule has 2 N–H and O–H groups in total. The molecule has 5 nitrogen and oxygen atoms in total. The van der Waals surface area contributed by atoms with Crippen molar-refractivity contribution >= 4 is 11.8 Å². The molecule has 0 aromatic heterocycles. The van der Waals surface area contributed by atoms with Gasteiger partial charge in [0.25, 0.3) is 0 Å². The van der Waals surface area contributed by atoms with Crippen LogP contribution in [-0.4, -0.2) is 38.6 Å². The first kappa shape index (κ1) is 15.9. The van der Waals surface area contributed by atoms with Crippen LogP contribution >= 0.6 is 0 Å². The quantitative estimate of drug-likeness (QED) is 0.648. The monoisotopic (exact) mass is 244 g/mol. The Labute approximate surface area is 103 Å². The first-order valence-electron chi connectivity index (χ1n) is 5.87. The third-order valence-electron chi connectivity index (χ3n) is 1.99. The van der Waals surface area contributed by atoms with Gasteiger partial charge in [-0.25, -0.2) is 0 Å². The highest BCUT2D eigenvalue weighted by atomic mass is 16.5. The lowest BCUT2D eigenvalue weighted by Crippen LogP contribution is -2.36. The maximum atomic E-state index is 11.4. The second-order valence-electron chi connectivity index (χ2n) is 5.18. The first-order chi connectivity index (χ1) is 7.85. The SMILES string of the molecule is COCCC(=O)NCCNC(=O)CC(C)(C)C. The molecule has 5 heteroatoms. The summed E-state index contributed by atoms with van der Waals surface area (Å²) >= 11 is 0. The molecule has 17 heavy (non-hydrogen) atoms. The number of hydrogen-bond acceptors (Lipinski definition) is 3. The highest BCUT2D eigenvalue weighted by Crippen LogP contribution is 2.17. The standard InChI is InChI=1S/C12H24N2O3/c1-12(2,3)9-11(16)14-7-6-13-10(15)5-8-17-4/h5-9H2,1-4H3,(H,13,15)(H,14,16). The van der Waals surface area contributed by atoms with Crippen molar-refractivity contribution in [3.63, 3.8) is 0 Å². The van der Waals surface area contributed by atoms with Crippen LogP contribution in [0.2, 0.25) is 0 Å². The minimum atomic E-state index is -0.0584. The Morgan fingerprint density at radius 1 is 1.06 bits per heavy atom. The van der Waals surface area contributed by atoms with Crippen molar-refractivity contribution in [2.75, 3.05) is 26.8 Å². The summed E-state index contributed by atoms with van der Waals surface area (Å²) in [5.74, 6) is -0.0411. The fraction of sp³-hybridized carbons (Fsp3) is 0.833. The van der Waals surface area contributed by atoms with Gasteiger partial charge in [0.15, 0.2) is 0 Å². The van der Waals surface area contributed by atoms with E-state index in [1.165, 1.54) is 0 Å². The number of carbonyl (C=O) groups excluding carboxylic acids is 2. The number of nitrogens with one attached hydrogen (secondary N) is 2. The number of carbonyl (C=O) groups is 2. The Bertz CT molecular complexity index is 247. The molecule has 0 saturated heterocycles. The van der Waals surface area contributed by atoms with Gasteiger partial charge in [0.2, 0.25) is 11.8 Å². The average molecular weight is 244 g/mol. The highest BCUT2D eigenvalue weighted by Gasteiger charge is 2.15. The Balaban J connectivity index is 3.51. The van der Waals surface area contributed by atoms with Gasteiger partial charge >= 0.3 is 0 Å². The maximum absolute atomic E-state index is 11.4. The molecule has 0 heterocycles. The van der Waals surface area contributed by atoms with Crippen LogP contribution in [0.4, 0.5) is 0 Å². The normalized spacial score (nSPS) is 11.1. The second-order valence-corrected chi connectivity index (χ2v) is 5.18. The summed E-state index contributed by atoms with van der Waals surface area (Å²) in [7, 11) is 1.56. The summed E-state index contributed by atoms with van der Waals surface area (Å²) in [6.07, 6.45) is 0.844. The number of rotatable bonds is 7. The van der Waals surface area contributed by atoms with E-state index >= 15 is 0 Å². The topological polar surface area (TPSA) is 67.4 Å². The van der Waals surface area contributed by atoms with Gasteiger partial charge in [-0.3, -0.25) is 9.59 Å². The van der Waals surface area contributed by atoms with E-state index in [2.05, 4.69) is 10.6 Å². The predicted octanol–water partition coefficient (Wildman–Crippen LogP) is 0.691. The van der Waals surface area contributed by atoms with Crippen molar-refractivity contribution in [2.24, 2.45) is 5.41 Å². The lowest BCUT2D eigenvalue weighted by atomic mass is 9.92. The highest BCUT2D eigenvalue weighted by molar-refractivity contribution is 5.77. The van der Waals surface area contributed by atoms with Crippen LogP contribution in [0.1, 0.15) is 33.6 Å². The van der Waals surface area contributed by atoms with Gasteiger partial charge in [-0.1, -0.05) is 20.8 Å². The summed E-state index contributed by atoms with van der Waals surface area (Å²) in [5, 5.41) is 5.47. The van der Waals surface area contributed by atoms with Crippen LogP contribution < -0.4 is 10.6 Å². The fourth-order valence-electron chi connectivity index (χ4n) is 1.23. The van der Waals surface area contributed by atoms with E-state index in [0.717, 1.165) is 0 Å². The van der Waals surface area contributed by atoms with Crippen molar-refractivity contribution in [3.8, 4) is 0 Å². The molecular weight excluding hydrogens is 220 g/mol. The zero-order chi connectivity index (χ0) is 13.3. The van der Waals surface area contributed by atoms with E-state index in [-0.39, 0.29) is 17.2 Å². The van der Waals surface area contributed by atoms with Gasteiger partial charge in [0, 0.05) is 33.0 Å². The zero-order valence-electron chi connectivity index (χ0n) is 11.3. The lowest BCUT2D eigenvalue weighted by molar-refractivity contribution is -0.124. The smallest absolute Gasteiger partial charge is 0.222 e. The van der Waals surface area contributed by atoms with Crippen molar-refractivity contribution in [3.05, 3.63) is 0 Å². The zero-order valence-corrected chi connectivity index (χ0v) is 11.3. The Morgan fingerprint density at radius 2 is 1.59 bits per heavy atom. The van der Waals surface area contributed by atoms with Crippen LogP contribution in [0.5, 0.6) is 0 Å². The van der Waals surface area contributed by atoms with E-state index in [9.17, 15) is 9.59 Å². The van der Waals surface area contributed by atoms with Crippen molar-refractivity contribution in [2.45, 2.75) is 33.6 Å². The van der Waals surface area contributed by atoms with Gasteiger partial charge in [0.1, 0.15) is 0 Å². The van der Waals surface area contributed by atoms with Gasteiger partial charge in [0.05, 0.1) is 6.61 Å². The minimum absolute atomic E-state index is 0.00814. The van der Waals surface area contributed by atoms with E-state index in [1.54, 1.807) is 7.11 Å². The number of amides is 2. The number of methoxy groups -OCH3 is 1. The van der Waals surface area contributed by atoms with E-state index < -0.39 is 0 Å². The lowest BCUT2D eigenvalue weighted by Gasteiger charge is -2.17. The third kappa shape index (κ3) is 11.2. The number of ether oxygens (including phenoxy) is 1. The maximum Gasteiger partial charge on any atom is 0.222 e. The molecule has 0 aliphatic carbocycles. The molecule has 2 amide bonds. The molecule has 0 saturated carbocycles. The largest absolute Gasteiger partial charge is 0.384 e. The predicted molar refractivity (Wildman–Crippen MR) is 66.6 cm³/mol. The molecule has 0 aromatic carbocycles. The van der Waals surface area contributed by atoms with Gasteiger partial charge < -0.3 is 15.4 Å². The molecule has 0 atom stereocenters. The summed E-state index contributed by atoms with van der Waals surface area (Å²) in [5.41, 5.74) is -0.00814. The van der Waals surface area contributed by atoms with Crippen LogP contribution in [0.25, 0.3) is 0 Å². The molecule has 0 aromatic rings.